The molecule has 0 saturated heterocycles. The molecule has 1 aromatic carbocycles. The van der Waals surface area contributed by atoms with Crippen LogP contribution in [0.3, 0.4) is 0 Å². The van der Waals surface area contributed by atoms with Crippen molar-refractivity contribution < 1.29 is 4.74 Å². The fourth-order valence-electron chi connectivity index (χ4n) is 1.88. The minimum Gasteiger partial charge on any atom is -0.494 e. The van der Waals surface area contributed by atoms with Gasteiger partial charge in [-0.15, -0.1) is 10.2 Å². The Hall–Kier alpha value is -1.11. The third-order valence-corrected chi connectivity index (χ3v) is 4.89. The number of ether oxygens (including phenoxy) is 1. The third kappa shape index (κ3) is 3.94. The molecule has 0 amide bonds. The van der Waals surface area contributed by atoms with Crippen LogP contribution in [0.5, 0.6) is 5.75 Å². The van der Waals surface area contributed by atoms with E-state index in [1.165, 1.54) is 5.56 Å². The van der Waals surface area contributed by atoms with E-state index in [9.17, 15) is 0 Å². The minimum atomic E-state index is 0.229. The van der Waals surface area contributed by atoms with Crippen LogP contribution in [0.25, 0.3) is 0 Å². The second kappa shape index (κ2) is 7.61. The maximum Gasteiger partial charge on any atom is 0.174 e. The largest absolute Gasteiger partial charge is 0.494 e. The van der Waals surface area contributed by atoms with Gasteiger partial charge in [0.05, 0.1) is 6.61 Å². The van der Waals surface area contributed by atoms with Crippen LogP contribution in [0.15, 0.2) is 28.6 Å². The predicted octanol–water partition coefficient (Wildman–Crippen LogP) is 3.30. The Morgan fingerprint density at radius 3 is 2.80 bits per heavy atom. The van der Waals surface area contributed by atoms with Gasteiger partial charge in [0.15, 0.2) is 4.34 Å². The molecule has 0 saturated carbocycles. The number of aromatic nitrogens is 2. The summed E-state index contributed by atoms with van der Waals surface area (Å²) in [6, 6.07) is 8.40. The molecule has 1 aromatic heterocycles. The van der Waals surface area contributed by atoms with Gasteiger partial charge in [-0.25, -0.2) is 0 Å². The monoisotopic (exact) mass is 309 g/mol. The Balaban J connectivity index is 2.07. The van der Waals surface area contributed by atoms with Gasteiger partial charge in [0.1, 0.15) is 10.8 Å². The summed E-state index contributed by atoms with van der Waals surface area (Å²) in [6.45, 7) is 4.65. The average Bonchev–Trinajstić information content (AvgIpc) is 2.87. The Bertz CT molecular complexity index is 545. The number of hydrogen-bond acceptors (Lipinski definition) is 6. The highest BCUT2D eigenvalue weighted by Crippen LogP contribution is 2.31. The zero-order valence-corrected chi connectivity index (χ0v) is 13.6. The van der Waals surface area contributed by atoms with Crippen LogP contribution in [0.4, 0.5) is 0 Å². The van der Waals surface area contributed by atoms with Gasteiger partial charge < -0.3 is 10.1 Å². The molecule has 1 N–H and O–H groups in total. The zero-order valence-electron chi connectivity index (χ0n) is 11.9. The van der Waals surface area contributed by atoms with Gasteiger partial charge >= 0.3 is 0 Å². The number of aryl methyl sites for hydroxylation is 1. The molecule has 1 heterocycles. The van der Waals surface area contributed by atoms with E-state index in [4.69, 9.17) is 4.74 Å². The fourth-order valence-corrected chi connectivity index (χ4v) is 3.85. The molecule has 0 fully saturated rings. The Kier molecular flexibility index (Phi) is 5.82. The maximum absolute atomic E-state index is 5.70. The summed E-state index contributed by atoms with van der Waals surface area (Å²) in [7, 11) is 1.97. The fraction of sp³-hybridized carbons (Fsp3) is 0.429. The van der Waals surface area contributed by atoms with Crippen LogP contribution in [0.2, 0.25) is 0 Å². The van der Waals surface area contributed by atoms with E-state index in [0.29, 0.717) is 6.61 Å². The second-order valence-electron chi connectivity index (χ2n) is 4.21. The summed E-state index contributed by atoms with van der Waals surface area (Å²) in [5.74, 6) is 1.85. The van der Waals surface area contributed by atoms with Crippen molar-refractivity contribution in [3.05, 3.63) is 34.8 Å². The molecule has 6 heteroatoms. The van der Waals surface area contributed by atoms with Crippen LogP contribution in [0, 0.1) is 6.92 Å². The quantitative estimate of drug-likeness (QED) is 0.795. The number of thioether (sulfide) groups is 1. The van der Waals surface area contributed by atoms with Gasteiger partial charge in [-0.05, 0) is 27.0 Å². The molecule has 0 spiro atoms. The molecule has 20 heavy (non-hydrogen) atoms. The summed E-state index contributed by atoms with van der Waals surface area (Å²) in [4.78, 5) is 0. The predicted molar refractivity (Wildman–Crippen MR) is 84.8 cm³/mol. The van der Waals surface area contributed by atoms with E-state index in [0.717, 1.165) is 20.8 Å². The lowest BCUT2D eigenvalue weighted by Gasteiger charge is -2.19. The number of hydrogen-bond donors (Lipinski definition) is 1. The van der Waals surface area contributed by atoms with Gasteiger partial charge in [-0.3, -0.25) is 0 Å². The summed E-state index contributed by atoms with van der Waals surface area (Å²) < 4.78 is 6.71. The third-order valence-electron chi connectivity index (χ3n) is 2.82. The van der Waals surface area contributed by atoms with Gasteiger partial charge in [0, 0.05) is 17.4 Å². The normalized spacial score (nSPS) is 12.3. The van der Waals surface area contributed by atoms with Gasteiger partial charge in [0.2, 0.25) is 0 Å². The summed E-state index contributed by atoms with van der Waals surface area (Å²) in [5.41, 5.74) is 1.19. The van der Waals surface area contributed by atoms with E-state index >= 15 is 0 Å². The average molecular weight is 309 g/mol. The van der Waals surface area contributed by atoms with Crippen molar-refractivity contribution in [3.63, 3.8) is 0 Å². The van der Waals surface area contributed by atoms with E-state index in [2.05, 4.69) is 21.6 Å². The molecule has 4 nitrogen and oxygen atoms in total. The van der Waals surface area contributed by atoms with Crippen LogP contribution in [0.1, 0.15) is 23.5 Å². The number of benzene rings is 1. The lowest BCUT2D eigenvalue weighted by atomic mass is 10.1. The van der Waals surface area contributed by atoms with Crippen molar-refractivity contribution in [2.45, 2.75) is 24.2 Å². The lowest BCUT2D eigenvalue weighted by molar-refractivity contribution is 0.333. The standard InChI is InChI=1S/C14H19N3OS2/c1-4-18-13-8-6-5-7-11(13)12(15-3)9-19-14-17-16-10(2)20-14/h5-8,12,15H,4,9H2,1-3H3. The first-order valence-corrected chi connectivity index (χ1v) is 8.36. The summed E-state index contributed by atoms with van der Waals surface area (Å²) in [6.07, 6.45) is 0. The number of rotatable bonds is 7. The van der Waals surface area contributed by atoms with Crippen LogP contribution in [-0.4, -0.2) is 29.6 Å². The van der Waals surface area contributed by atoms with E-state index in [1.807, 2.05) is 39.1 Å². The molecular weight excluding hydrogens is 290 g/mol. The van der Waals surface area contributed by atoms with Gasteiger partial charge in [0.25, 0.3) is 0 Å². The molecule has 0 aliphatic heterocycles. The van der Waals surface area contributed by atoms with Crippen LogP contribution in [-0.2, 0) is 0 Å². The lowest BCUT2D eigenvalue weighted by Crippen LogP contribution is -2.19. The maximum atomic E-state index is 5.70. The Morgan fingerprint density at radius 1 is 1.35 bits per heavy atom. The van der Waals surface area contributed by atoms with Crippen molar-refractivity contribution >= 4 is 23.1 Å². The number of nitrogens with one attached hydrogen (secondary N) is 1. The molecule has 1 unspecified atom stereocenters. The molecule has 0 aliphatic carbocycles. The van der Waals surface area contributed by atoms with Crippen molar-refractivity contribution in [1.29, 1.82) is 0 Å². The Morgan fingerprint density at radius 2 is 2.15 bits per heavy atom. The Labute approximate surface area is 128 Å². The topological polar surface area (TPSA) is 47.0 Å². The highest BCUT2D eigenvalue weighted by atomic mass is 32.2. The van der Waals surface area contributed by atoms with Crippen LogP contribution >= 0.6 is 23.1 Å². The minimum absolute atomic E-state index is 0.229. The molecule has 0 bridgehead atoms. The molecular formula is C14H19N3OS2. The van der Waals surface area contributed by atoms with Crippen molar-refractivity contribution in [2.24, 2.45) is 0 Å². The van der Waals surface area contributed by atoms with Gasteiger partial charge in [-0.2, -0.15) is 0 Å². The first-order valence-electron chi connectivity index (χ1n) is 6.56. The second-order valence-corrected chi connectivity index (χ2v) is 6.66. The molecule has 0 radical (unpaired) electrons. The van der Waals surface area contributed by atoms with Gasteiger partial charge in [-0.1, -0.05) is 41.3 Å². The summed E-state index contributed by atoms with van der Waals surface area (Å²) in [5, 5.41) is 12.5. The van der Waals surface area contributed by atoms with E-state index in [-0.39, 0.29) is 6.04 Å². The summed E-state index contributed by atoms with van der Waals surface area (Å²) >= 11 is 3.35. The molecule has 108 valence electrons. The first-order chi connectivity index (χ1) is 9.74. The highest BCUT2D eigenvalue weighted by Gasteiger charge is 2.15. The van der Waals surface area contributed by atoms with Crippen molar-refractivity contribution in [1.82, 2.24) is 15.5 Å². The zero-order chi connectivity index (χ0) is 14.4. The SMILES string of the molecule is CCOc1ccccc1C(CSc1nnc(C)s1)NC. The van der Waals surface area contributed by atoms with Crippen LogP contribution < -0.4 is 10.1 Å². The molecule has 2 aromatic rings. The first kappa shape index (κ1) is 15.3. The van der Waals surface area contributed by atoms with Crippen molar-refractivity contribution in [2.75, 3.05) is 19.4 Å². The van der Waals surface area contributed by atoms with E-state index < -0.39 is 0 Å². The molecule has 0 aliphatic rings. The molecule has 1 atom stereocenters. The van der Waals surface area contributed by atoms with E-state index in [1.54, 1.807) is 23.1 Å². The number of para-hydroxylation sites is 1. The molecule has 2 rings (SSSR count). The highest BCUT2D eigenvalue weighted by molar-refractivity contribution is 8.01. The number of nitrogens with zero attached hydrogens (tertiary/aromatic N) is 2. The van der Waals surface area contributed by atoms with Crippen molar-refractivity contribution in [3.8, 4) is 5.75 Å². The smallest absolute Gasteiger partial charge is 0.174 e.